The van der Waals surface area contributed by atoms with Gasteiger partial charge in [-0.3, -0.25) is 5.10 Å². The molecule has 2 aromatic heterocycles. The van der Waals surface area contributed by atoms with Gasteiger partial charge in [0.2, 0.25) is 10.3 Å². The number of nitrogen functional groups attached to an aromatic ring is 1. The summed E-state index contributed by atoms with van der Waals surface area (Å²) in [5.74, 6) is 0.160. The van der Waals surface area contributed by atoms with Crippen LogP contribution >= 0.6 is 11.3 Å². The summed E-state index contributed by atoms with van der Waals surface area (Å²) in [5, 5.41) is 26.3. The Kier molecular flexibility index (Phi) is 3.11. The average Bonchev–Trinajstić information content (AvgIpc) is 3.03. The quantitative estimate of drug-likeness (QED) is 0.741. The third-order valence-electron chi connectivity index (χ3n) is 3.34. The molecule has 3 heterocycles. The topological polar surface area (TPSA) is 104 Å². The molecule has 8 heteroatoms. The third-order valence-corrected chi connectivity index (χ3v) is 4.15. The Hall–Kier alpha value is -1.67. The Morgan fingerprint density at radius 3 is 3.00 bits per heavy atom. The lowest BCUT2D eigenvalue weighted by Crippen LogP contribution is -2.20. The Morgan fingerprint density at radius 1 is 1.53 bits per heavy atom. The molecule has 1 saturated heterocycles. The maximum absolute atomic E-state index is 10.1. The number of H-pyrrole nitrogens is 1. The second-order valence-electron chi connectivity index (χ2n) is 4.90. The number of nitrogens with zero attached hydrogens (tertiary/aromatic N) is 4. The summed E-state index contributed by atoms with van der Waals surface area (Å²) in [6.45, 7) is 3.29. The van der Waals surface area contributed by atoms with Crippen molar-refractivity contribution in [2.24, 2.45) is 5.92 Å². The van der Waals surface area contributed by atoms with Gasteiger partial charge in [-0.2, -0.15) is 5.10 Å². The molecule has 2 aromatic rings. The lowest BCUT2D eigenvalue weighted by Gasteiger charge is -2.12. The smallest absolute Gasteiger partial charge is 0.210 e. The monoisotopic (exact) mass is 280 g/mol. The van der Waals surface area contributed by atoms with E-state index in [1.807, 2.05) is 17.9 Å². The van der Waals surface area contributed by atoms with E-state index in [1.54, 1.807) is 0 Å². The summed E-state index contributed by atoms with van der Waals surface area (Å²) >= 11 is 1.35. The predicted molar refractivity (Wildman–Crippen MR) is 73.1 cm³/mol. The van der Waals surface area contributed by atoms with Gasteiger partial charge in [-0.1, -0.05) is 11.3 Å². The van der Waals surface area contributed by atoms with Crippen molar-refractivity contribution >= 4 is 21.6 Å². The van der Waals surface area contributed by atoms with Crippen LogP contribution in [0.2, 0.25) is 0 Å². The summed E-state index contributed by atoms with van der Waals surface area (Å²) in [6.07, 6.45) is 0.387. The molecule has 7 nitrogen and oxygen atoms in total. The van der Waals surface area contributed by atoms with Crippen molar-refractivity contribution in [1.29, 1.82) is 0 Å². The van der Waals surface area contributed by atoms with E-state index in [2.05, 4.69) is 20.4 Å². The molecule has 19 heavy (non-hydrogen) atoms. The second-order valence-corrected chi connectivity index (χ2v) is 5.89. The fourth-order valence-electron chi connectivity index (χ4n) is 2.41. The van der Waals surface area contributed by atoms with Gasteiger partial charge in [0.25, 0.3) is 0 Å². The first kappa shape index (κ1) is 12.4. The zero-order chi connectivity index (χ0) is 13.4. The lowest BCUT2D eigenvalue weighted by atomic mass is 10.0. The number of hydrogen-bond acceptors (Lipinski definition) is 7. The van der Waals surface area contributed by atoms with E-state index in [4.69, 9.17) is 5.73 Å². The van der Waals surface area contributed by atoms with Gasteiger partial charge in [0.15, 0.2) is 0 Å². The highest BCUT2D eigenvalue weighted by atomic mass is 32.1. The maximum Gasteiger partial charge on any atom is 0.210 e. The van der Waals surface area contributed by atoms with Gasteiger partial charge in [-0.25, -0.2) is 0 Å². The molecular weight excluding hydrogens is 264 g/mol. The SMILES string of the molecule is Cc1cc(C[C@@H]2CN(c3nnc(N)s3)C[C@@H]2O)n[nH]1. The maximum atomic E-state index is 10.1. The van der Waals surface area contributed by atoms with E-state index < -0.39 is 0 Å². The molecule has 4 N–H and O–H groups in total. The minimum atomic E-state index is -0.373. The Labute approximate surface area is 114 Å². The number of aliphatic hydroxyl groups is 1. The van der Waals surface area contributed by atoms with Crippen LogP contribution in [0.1, 0.15) is 11.4 Å². The number of aromatic amines is 1. The van der Waals surface area contributed by atoms with Crippen molar-refractivity contribution in [3.63, 3.8) is 0 Å². The van der Waals surface area contributed by atoms with E-state index in [-0.39, 0.29) is 12.0 Å². The van der Waals surface area contributed by atoms with E-state index in [9.17, 15) is 5.11 Å². The van der Waals surface area contributed by atoms with Gasteiger partial charge in [0.05, 0.1) is 11.8 Å². The molecule has 2 atom stereocenters. The zero-order valence-corrected chi connectivity index (χ0v) is 11.4. The molecule has 3 rings (SSSR count). The van der Waals surface area contributed by atoms with Crippen molar-refractivity contribution in [1.82, 2.24) is 20.4 Å². The number of nitrogens with two attached hydrogens (primary N) is 1. The first-order valence-corrected chi connectivity index (χ1v) is 6.96. The molecule has 0 aliphatic carbocycles. The molecule has 0 spiro atoms. The molecule has 0 aromatic carbocycles. The van der Waals surface area contributed by atoms with Gasteiger partial charge in [0.1, 0.15) is 0 Å². The first-order valence-electron chi connectivity index (χ1n) is 6.14. The van der Waals surface area contributed by atoms with Crippen LogP contribution in [-0.4, -0.2) is 44.7 Å². The highest BCUT2D eigenvalue weighted by Gasteiger charge is 2.33. The molecule has 0 amide bonds. The fourth-order valence-corrected chi connectivity index (χ4v) is 3.04. The Balaban J connectivity index is 1.68. The fraction of sp³-hybridized carbons (Fsp3) is 0.545. The molecule has 0 unspecified atom stereocenters. The molecule has 0 saturated carbocycles. The van der Waals surface area contributed by atoms with Crippen LogP contribution in [0.4, 0.5) is 10.3 Å². The summed E-state index contributed by atoms with van der Waals surface area (Å²) in [7, 11) is 0. The molecule has 1 aliphatic heterocycles. The largest absolute Gasteiger partial charge is 0.391 e. The number of aliphatic hydroxyl groups excluding tert-OH is 1. The highest BCUT2D eigenvalue weighted by Crippen LogP contribution is 2.29. The van der Waals surface area contributed by atoms with Crippen molar-refractivity contribution in [3.8, 4) is 0 Å². The van der Waals surface area contributed by atoms with Crippen LogP contribution in [0.15, 0.2) is 6.07 Å². The minimum absolute atomic E-state index is 0.160. The van der Waals surface area contributed by atoms with Crippen LogP contribution in [-0.2, 0) is 6.42 Å². The normalized spacial score (nSPS) is 23.2. The van der Waals surface area contributed by atoms with Crippen molar-refractivity contribution in [2.75, 3.05) is 23.7 Å². The standard InChI is InChI=1S/C11H16N6OS/c1-6-2-8(14-13-6)3-7-4-17(5-9(7)18)11-16-15-10(12)19-11/h2,7,9,18H,3-5H2,1H3,(H2,12,15)(H,13,14)/t7-,9+/m1/s1. The number of anilines is 2. The van der Waals surface area contributed by atoms with Gasteiger partial charge in [-0.15, -0.1) is 10.2 Å². The molecular formula is C11H16N6OS. The molecule has 1 fully saturated rings. The van der Waals surface area contributed by atoms with Crippen molar-refractivity contribution < 1.29 is 5.11 Å². The number of aromatic nitrogens is 4. The van der Waals surface area contributed by atoms with E-state index >= 15 is 0 Å². The Morgan fingerprint density at radius 2 is 2.37 bits per heavy atom. The second kappa shape index (κ2) is 4.78. The van der Waals surface area contributed by atoms with Gasteiger partial charge < -0.3 is 15.7 Å². The van der Waals surface area contributed by atoms with Gasteiger partial charge >= 0.3 is 0 Å². The van der Waals surface area contributed by atoms with Crippen molar-refractivity contribution in [3.05, 3.63) is 17.5 Å². The van der Waals surface area contributed by atoms with Crippen LogP contribution in [0.25, 0.3) is 0 Å². The molecule has 0 radical (unpaired) electrons. The van der Waals surface area contributed by atoms with E-state index in [0.717, 1.165) is 29.5 Å². The summed E-state index contributed by atoms with van der Waals surface area (Å²) < 4.78 is 0. The summed E-state index contributed by atoms with van der Waals surface area (Å²) in [5.41, 5.74) is 7.61. The van der Waals surface area contributed by atoms with Gasteiger partial charge in [0, 0.05) is 24.7 Å². The highest BCUT2D eigenvalue weighted by molar-refractivity contribution is 7.18. The molecule has 0 bridgehead atoms. The number of β-amino-alcohol motifs (C(OH)–C–C–N with tert-alkyl or cyclic N) is 1. The Bertz CT molecular complexity index is 567. The summed E-state index contributed by atoms with van der Waals surface area (Å²) in [6, 6.07) is 2.01. The third kappa shape index (κ3) is 2.54. The first-order chi connectivity index (χ1) is 9.11. The van der Waals surface area contributed by atoms with E-state index in [1.165, 1.54) is 11.3 Å². The van der Waals surface area contributed by atoms with Crippen molar-refractivity contribution in [2.45, 2.75) is 19.4 Å². The number of hydrogen-bond donors (Lipinski definition) is 3. The van der Waals surface area contributed by atoms with Crippen LogP contribution in [0.5, 0.6) is 0 Å². The van der Waals surface area contributed by atoms with Crippen LogP contribution in [0, 0.1) is 12.8 Å². The molecule has 1 aliphatic rings. The molecule has 102 valence electrons. The average molecular weight is 280 g/mol. The van der Waals surface area contributed by atoms with Gasteiger partial charge in [-0.05, 0) is 19.4 Å². The number of aryl methyl sites for hydroxylation is 1. The van der Waals surface area contributed by atoms with Crippen LogP contribution in [0.3, 0.4) is 0 Å². The number of nitrogens with one attached hydrogen (secondary N) is 1. The van der Waals surface area contributed by atoms with E-state index in [0.29, 0.717) is 11.7 Å². The number of rotatable bonds is 3. The lowest BCUT2D eigenvalue weighted by molar-refractivity contribution is 0.148. The summed E-state index contributed by atoms with van der Waals surface area (Å²) in [4.78, 5) is 2.03. The zero-order valence-electron chi connectivity index (χ0n) is 10.6. The predicted octanol–water partition coefficient (Wildman–Crippen LogP) is 0.192. The minimum Gasteiger partial charge on any atom is -0.391 e. The van der Waals surface area contributed by atoms with Crippen LogP contribution < -0.4 is 10.6 Å².